The van der Waals surface area contributed by atoms with Crippen LogP contribution in [0.15, 0.2) is 24.5 Å². The second kappa shape index (κ2) is 5.47. The molecule has 3 aromatic rings. The number of benzene rings is 1. The summed E-state index contributed by atoms with van der Waals surface area (Å²) in [6.07, 6.45) is 3.72. The summed E-state index contributed by atoms with van der Waals surface area (Å²) in [7, 11) is 1.91. The molecule has 0 fully saturated rings. The average molecular weight is 282 g/mol. The predicted molar refractivity (Wildman–Crippen MR) is 82.7 cm³/mol. The molecule has 0 saturated heterocycles. The fraction of sp³-hybridized carbons (Fsp3) is 0.333. The van der Waals surface area contributed by atoms with Crippen molar-refractivity contribution in [1.29, 1.82) is 0 Å². The van der Waals surface area contributed by atoms with Gasteiger partial charge in [0.2, 0.25) is 0 Å². The van der Waals surface area contributed by atoms with E-state index in [4.69, 9.17) is 4.98 Å². The van der Waals surface area contributed by atoms with Gasteiger partial charge < -0.3 is 5.32 Å². The zero-order valence-corrected chi connectivity index (χ0v) is 12.5. The first-order chi connectivity index (χ1) is 10.2. The fourth-order valence-electron chi connectivity index (χ4n) is 2.61. The molecular formula is C15H18N6. The van der Waals surface area contributed by atoms with Gasteiger partial charge in [0.15, 0.2) is 0 Å². The van der Waals surface area contributed by atoms with Crippen molar-refractivity contribution < 1.29 is 0 Å². The van der Waals surface area contributed by atoms with Crippen LogP contribution in [0, 0.1) is 6.92 Å². The summed E-state index contributed by atoms with van der Waals surface area (Å²) < 4.78 is 1.66. The van der Waals surface area contributed by atoms with Gasteiger partial charge in [-0.3, -0.25) is 0 Å². The van der Waals surface area contributed by atoms with Crippen molar-refractivity contribution in [2.45, 2.75) is 26.7 Å². The Morgan fingerprint density at radius 3 is 2.81 bits per heavy atom. The third-order valence-corrected chi connectivity index (χ3v) is 3.64. The Balaban J connectivity index is 2.21. The van der Waals surface area contributed by atoms with Crippen molar-refractivity contribution in [3.05, 3.63) is 35.7 Å². The maximum absolute atomic E-state index is 4.79. The number of tetrazole rings is 1. The summed E-state index contributed by atoms with van der Waals surface area (Å²) in [5.41, 5.74) is 4.25. The topological polar surface area (TPSA) is 68.5 Å². The first-order valence-corrected chi connectivity index (χ1v) is 7.09. The van der Waals surface area contributed by atoms with Crippen LogP contribution < -0.4 is 5.32 Å². The smallest absolute Gasteiger partial charge is 0.143 e. The van der Waals surface area contributed by atoms with E-state index >= 15 is 0 Å². The lowest BCUT2D eigenvalue weighted by Crippen LogP contribution is -2.03. The second-order valence-corrected chi connectivity index (χ2v) is 5.03. The molecule has 0 bridgehead atoms. The SMILES string of the molecule is CCCc1cc2ccc(-n3cnnn3)c(C)c2nc1NC. The number of rotatable bonds is 4. The van der Waals surface area contributed by atoms with Crippen molar-refractivity contribution in [2.75, 3.05) is 12.4 Å². The lowest BCUT2D eigenvalue weighted by Gasteiger charge is -2.13. The summed E-state index contributed by atoms with van der Waals surface area (Å²) in [6.45, 7) is 4.22. The van der Waals surface area contributed by atoms with Crippen molar-refractivity contribution in [1.82, 2.24) is 25.2 Å². The van der Waals surface area contributed by atoms with Gasteiger partial charge >= 0.3 is 0 Å². The van der Waals surface area contributed by atoms with E-state index in [2.05, 4.69) is 39.9 Å². The molecule has 3 rings (SSSR count). The number of aryl methyl sites for hydroxylation is 2. The van der Waals surface area contributed by atoms with Crippen molar-refractivity contribution >= 4 is 16.7 Å². The van der Waals surface area contributed by atoms with E-state index in [9.17, 15) is 0 Å². The number of hydrogen-bond donors (Lipinski definition) is 1. The second-order valence-electron chi connectivity index (χ2n) is 5.03. The molecule has 2 aromatic heterocycles. The summed E-state index contributed by atoms with van der Waals surface area (Å²) in [6, 6.07) is 6.32. The summed E-state index contributed by atoms with van der Waals surface area (Å²) in [5, 5.41) is 15.7. The van der Waals surface area contributed by atoms with Crippen LogP contribution >= 0.6 is 0 Å². The van der Waals surface area contributed by atoms with Gasteiger partial charge in [0.1, 0.15) is 12.1 Å². The molecule has 0 spiro atoms. The Kier molecular flexibility index (Phi) is 3.51. The van der Waals surface area contributed by atoms with Gasteiger partial charge in [-0.05, 0) is 41.5 Å². The van der Waals surface area contributed by atoms with E-state index in [0.29, 0.717) is 0 Å². The number of nitrogens with zero attached hydrogens (tertiary/aromatic N) is 5. The highest BCUT2D eigenvalue weighted by molar-refractivity contribution is 5.87. The highest BCUT2D eigenvalue weighted by Crippen LogP contribution is 2.27. The summed E-state index contributed by atoms with van der Waals surface area (Å²) in [4.78, 5) is 4.79. The quantitative estimate of drug-likeness (QED) is 0.796. The van der Waals surface area contributed by atoms with E-state index in [1.165, 1.54) is 5.56 Å². The molecule has 0 unspecified atom stereocenters. The lowest BCUT2D eigenvalue weighted by atomic mass is 10.0. The first-order valence-electron chi connectivity index (χ1n) is 7.09. The maximum Gasteiger partial charge on any atom is 0.143 e. The minimum atomic E-state index is 0.946. The standard InChI is InChI=1S/C15H18N6/c1-4-5-12-8-11-6-7-13(21-9-17-19-20-21)10(2)14(11)18-15(12)16-3/h6-9H,4-5H2,1-3H3,(H,16,18). The van der Waals surface area contributed by atoms with Crippen LogP contribution in [0.2, 0.25) is 0 Å². The molecule has 21 heavy (non-hydrogen) atoms. The van der Waals surface area contributed by atoms with E-state index in [0.717, 1.165) is 40.8 Å². The molecule has 0 atom stereocenters. The van der Waals surface area contributed by atoms with E-state index < -0.39 is 0 Å². The number of pyridine rings is 1. The molecule has 6 heteroatoms. The third-order valence-electron chi connectivity index (χ3n) is 3.64. The number of hydrogen-bond acceptors (Lipinski definition) is 5. The summed E-state index contributed by atoms with van der Waals surface area (Å²) >= 11 is 0. The lowest BCUT2D eigenvalue weighted by molar-refractivity contribution is 0.786. The highest BCUT2D eigenvalue weighted by Gasteiger charge is 2.11. The van der Waals surface area contributed by atoms with Gasteiger partial charge in [-0.25, -0.2) is 9.67 Å². The van der Waals surface area contributed by atoms with Crippen molar-refractivity contribution in [2.24, 2.45) is 0 Å². The largest absolute Gasteiger partial charge is 0.373 e. The van der Waals surface area contributed by atoms with Gasteiger partial charge in [0.25, 0.3) is 0 Å². The van der Waals surface area contributed by atoms with E-state index in [-0.39, 0.29) is 0 Å². The van der Waals surface area contributed by atoms with Crippen LogP contribution in [0.5, 0.6) is 0 Å². The minimum Gasteiger partial charge on any atom is -0.373 e. The van der Waals surface area contributed by atoms with Crippen LogP contribution in [0.1, 0.15) is 24.5 Å². The third kappa shape index (κ3) is 2.33. The van der Waals surface area contributed by atoms with Crippen LogP contribution in [0.3, 0.4) is 0 Å². The Bertz CT molecular complexity index is 763. The maximum atomic E-state index is 4.79. The number of aromatic nitrogens is 5. The normalized spacial score (nSPS) is 11.0. The van der Waals surface area contributed by atoms with Crippen LogP contribution in [0.4, 0.5) is 5.82 Å². The first kappa shape index (κ1) is 13.5. The fourth-order valence-corrected chi connectivity index (χ4v) is 2.61. The Labute approximate surface area is 123 Å². The molecule has 1 N–H and O–H groups in total. The molecule has 0 aliphatic heterocycles. The minimum absolute atomic E-state index is 0.946. The Hall–Kier alpha value is -2.50. The Morgan fingerprint density at radius 1 is 1.29 bits per heavy atom. The number of fused-ring (bicyclic) bond motifs is 1. The molecule has 0 amide bonds. The molecule has 0 saturated carbocycles. The van der Waals surface area contributed by atoms with Gasteiger partial charge in [0, 0.05) is 18.0 Å². The highest BCUT2D eigenvalue weighted by atomic mass is 15.5. The Morgan fingerprint density at radius 2 is 2.14 bits per heavy atom. The molecular weight excluding hydrogens is 264 g/mol. The monoisotopic (exact) mass is 282 g/mol. The average Bonchev–Trinajstić information content (AvgIpc) is 3.01. The molecule has 0 aliphatic carbocycles. The molecule has 1 aromatic carbocycles. The molecule has 2 heterocycles. The van der Waals surface area contributed by atoms with Gasteiger partial charge in [-0.2, -0.15) is 0 Å². The van der Waals surface area contributed by atoms with Crippen molar-refractivity contribution in [3.63, 3.8) is 0 Å². The zero-order valence-electron chi connectivity index (χ0n) is 12.5. The van der Waals surface area contributed by atoms with Crippen LogP contribution in [0.25, 0.3) is 16.6 Å². The van der Waals surface area contributed by atoms with Gasteiger partial charge in [-0.15, -0.1) is 5.10 Å². The summed E-state index contributed by atoms with van der Waals surface area (Å²) in [5.74, 6) is 0.946. The van der Waals surface area contributed by atoms with E-state index in [1.54, 1.807) is 11.0 Å². The van der Waals surface area contributed by atoms with Gasteiger partial charge in [0.05, 0.1) is 11.2 Å². The molecule has 108 valence electrons. The van der Waals surface area contributed by atoms with Crippen molar-refractivity contribution in [3.8, 4) is 5.69 Å². The molecule has 0 aliphatic rings. The number of anilines is 1. The van der Waals surface area contributed by atoms with Crippen LogP contribution in [-0.4, -0.2) is 32.2 Å². The van der Waals surface area contributed by atoms with Crippen LogP contribution in [-0.2, 0) is 6.42 Å². The zero-order chi connectivity index (χ0) is 14.8. The van der Waals surface area contributed by atoms with Gasteiger partial charge in [-0.1, -0.05) is 19.4 Å². The predicted octanol–water partition coefficient (Wildman–Crippen LogP) is 2.51. The number of nitrogens with one attached hydrogen (secondary N) is 1. The van der Waals surface area contributed by atoms with E-state index in [1.807, 2.05) is 20.0 Å². The molecule has 6 nitrogen and oxygen atoms in total. The molecule has 0 radical (unpaired) electrons.